The van der Waals surface area contributed by atoms with E-state index in [2.05, 4.69) is 5.32 Å². The van der Waals surface area contributed by atoms with Crippen LogP contribution in [0, 0.1) is 0 Å². The summed E-state index contributed by atoms with van der Waals surface area (Å²) in [5.41, 5.74) is 0.711. The van der Waals surface area contributed by atoms with E-state index in [-0.39, 0.29) is 12.6 Å². The number of amides is 2. The smallest absolute Gasteiger partial charge is 0.323 e. The number of nitrogens with one attached hydrogen (secondary N) is 1. The summed E-state index contributed by atoms with van der Waals surface area (Å²) in [6.45, 7) is 1.38. The highest BCUT2D eigenvalue weighted by Crippen LogP contribution is 2.26. The minimum atomic E-state index is -1.07. The third-order valence-corrected chi connectivity index (χ3v) is 3.05. The predicted molar refractivity (Wildman–Crippen MR) is 73.7 cm³/mol. The zero-order valence-corrected chi connectivity index (χ0v) is 12.0. The molecule has 5 nitrogen and oxygen atoms in total. The van der Waals surface area contributed by atoms with Gasteiger partial charge in [-0.3, -0.25) is 4.79 Å². The lowest BCUT2D eigenvalue weighted by Gasteiger charge is -2.20. The quantitative estimate of drug-likeness (QED) is 0.898. The molecule has 1 aromatic rings. The maximum absolute atomic E-state index is 11.7. The van der Waals surface area contributed by atoms with Crippen molar-refractivity contribution in [2.45, 2.75) is 13.0 Å². The van der Waals surface area contributed by atoms with Crippen LogP contribution < -0.4 is 5.32 Å². The fourth-order valence-electron chi connectivity index (χ4n) is 1.50. The van der Waals surface area contributed by atoms with E-state index in [1.54, 1.807) is 25.1 Å². The van der Waals surface area contributed by atoms with Gasteiger partial charge < -0.3 is 15.3 Å². The topological polar surface area (TPSA) is 69.6 Å². The molecule has 1 rings (SSSR count). The maximum atomic E-state index is 11.7. The summed E-state index contributed by atoms with van der Waals surface area (Å²) in [5.74, 6) is -1.07. The van der Waals surface area contributed by atoms with Gasteiger partial charge in [-0.1, -0.05) is 29.3 Å². The lowest BCUT2D eigenvalue weighted by molar-refractivity contribution is -0.137. The Kier molecular flexibility index (Phi) is 5.44. The summed E-state index contributed by atoms with van der Waals surface area (Å²) in [7, 11) is 1.40. The van der Waals surface area contributed by atoms with Crippen LogP contribution in [0.5, 0.6) is 0 Å². The average Bonchev–Trinajstić information content (AvgIpc) is 2.27. The van der Waals surface area contributed by atoms with Gasteiger partial charge in [0.05, 0.1) is 6.04 Å². The van der Waals surface area contributed by atoms with Crippen LogP contribution in [0.1, 0.15) is 18.5 Å². The molecule has 0 aromatic heterocycles. The van der Waals surface area contributed by atoms with Crippen LogP contribution in [0.3, 0.4) is 0 Å². The second kappa shape index (κ2) is 6.63. The number of carboxylic acids is 1. The number of rotatable bonds is 4. The van der Waals surface area contributed by atoms with Crippen molar-refractivity contribution in [3.05, 3.63) is 33.8 Å². The first kappa shape index (κ1) is 15.6. The number of carboxylic acid groups (broad SMARTS) is 1. The molecule has 0 aliphatic rings. The summed E-state index contributed by atoms with van der Waals surface area (Å²) < 4.78 is 0. The van der Waals surface area contributed by atoms with Crippen molar-refractivity contribution in [3.63, 3.8) is 0 Å². The molecule has 0 bridgehead atoms. The molecule has 1 atom stereocenters. The number of urea groups is 1. The number of aliphatic carboxylic acids is 1. The highest BCUT2D eigenvalue weighted by atomic mass is 35.5. The van der Waals surface area contributed by atoms with E-state index >= 15 is 0 Å². The Morgan fingerprint density at radius 1 is 1.42 bits per heavy atom. The standard InChI is InChI=1S/C12H14Cl2N2O3/c1-7(9-4-3-8(13)5-10(9)14)15-12(19)16(2)6-11(17)18/h3-5,7H,6H2,1-2H3,(H,15,19)(H,17,18). The summed E-state index contributed by atoms with van der Waals surface area (Å²) in [6.07, 6.45) is 0. The predicted octanol–water partition coefficient (Wildman–Crippen LogP) is 2.78. The SMILES string of the molecule is CC(NC(=O)N(C)CC(=O)O)c1ccc(Cl)cc1Cl. The van der Waals surface area contributed by atoms with Gasteiger partial charge in [-0.25, -0.2) is 4.79 Å². The highest BCUT2D eigenvalue weighted by molar-refractivity contribution is 6.35. The molecule has 0 saturated carbocycles. The van der Waals surface area contributed by atoms with E-state index in [9.17, 15) is 9.59 Å². The maximum Gasteiger partial charge on any atom is 0.323 e. The van der Waals surface area contributed by atoms with Gasteiger partial charge >= 0.3 is 12.0 Å². The minimum Gasteiger partial charge on any atom is -0.480 e. The second-order valence-electron chi connectivity index (χ2n) is 4.09. The van der Waals surface area contributed by atoms with E-state index in [1.165, 1.54) is 7.05 Å². The molecule has 2 amide bonds. The van der Waals surface area contributed by atoms with Crippen LogP contribution in [-0.2, 0) is 4.79 Å². The van der Waals surface area contributed by atoms with Crippen LogP contribution in [0.2, 0.25) is 10.0 Å². The van der Waals surface area contributed by atoms with Crippen LogP contribution in [0.25, 0.3) is 0 Å². The van der Waals surface area contributed by atoms with Crippen LogP contribution >= 0.6 is 23.2 Å². The van der Waals surface area contributed by atoms with Gasteiger partial charge in [-0.05, 0) is 24.6 Å². The Bertz CT molecular complexity index is 494. The van der Waals surface area contributed by atoms with Crippen LogP contribution in [-0.4, -0.2) is 35.6 Å². The largest absolute Gasteiger partial charge is 0.480 e. The average molecular weight is 305 g/mol. The van der Waals surface area contributed by atoms with Gasteiger partial charge in [-0.15, -0.1) is 0 Å². The Morgan fingerprint density at radius 2 is 2.05 bits per heavy atom. The zero-order chi connectivity index (χ0) is 14.6. The summed E-state index contributed by atoms with van der Waals surface area (Å²) in [6, 6.07) is 4.13. The monoisotopic (exact) mass is 304 g/mol. The Balaban J connectivity index is 2.71. The lowest BCUT2D eigenvalue weighted by atomic mass is 10.1. The fourth-order valence-corrected chi connectivity index (χ4v) is 2.07. The molecule has 0 fully saturated rings. The van der Waals surface area contributed by atoms with Crippen molar-refractivity contribution in [2.75, 3.05) is 13.6 Å². The number of hydrogen-bond donors (Lipinski definition) is 2. The molecule has 0 radical (unpaired) electrons. The van der Waals surface area contributed by atoms with Crippen molar-refractivity contribution in [1.82, 2.24) is 10.2 Å². The van der Waals surface area contributed by atoms with E-state index < -0.39 is 12.0 Å². The van der Waals surface area contributed by atoms with Crippen LogP contribution in [0.15, 0.2) is 18.2 Å². The molecule has 0 spiro atoms. The Hall–Kier alpha value is -1.46. The van der Waals surface area contributed by atoms with Crippen molar-refractivity contribution in [1.29, 1.82) is 0 Å². The van der Waals surface area contributed by atoms with E-state index in [0.717, 1.165) is 4.90 Å². The molecule has 0 heterocycles. The van der Waals surface area contributed by atoms with Gasteiger partial charge in [0, 0.05) is 17.1 Å². The van der Waals surface area contributed by atoms with E-state index in [4.69, 9.17) is 28.3 Å². The van der Waals surface area contributed by atoms with Gasteiger partial charge in [0.2, 0.25) is 0 Å². The van der Waals surface area contributed by atoms with Crippen molar-refractivity contribution < 1.29 is 14.7 Å². The van der Waals surface area contributed by atoms with E-state index in [1.807, 2.05) is 0 Å². The van der Waals surface area contributed by atoms with Crippen molar-refractivity contribution in [3.8, 4) is 0 Å². The molecular formula is C12H14Cl2N2O3. The summed E-state index contributed by atoms with van der Waals surface area (Å²) >= 11 is 11.8. The molecule has 104 valence electrons. The summed E-state index contributed by atoms with van der Waals surface area (Å²) in [4.78, 5) is 23.3. The molecule has 1 aromatic carbocycles. The molecule has 19 heavy (non-hydrogen) atoms. The minimum absolute atomic E-state index is 0.353. The number of carbonyl (C=O) groups is 2. The van der Waals surface area contributed by atoms with Crippen LogP contribution in [0.4, 0.5) is 4.79 Å². The van der Waals surface area contributed by atoms with Gasteiger partial charge in [0.15, 0.2) is 0 Å². The number of nitrogens with zero attached hydrogens (tertiary/aromatic N) is 1. The normalized spacial score (nSPS) is 11.8. The number of benzene rings is 1. The van der Waals surface area contributed by atoms with Crippen molar-refractivity contribution in [2.24, 2.45) is 0 Å². The number of hydrogen-bond acceptors (Lipinski definition) is 2. The third kappa shape index (κ3) is 4.61. The van der Waals surface area contributed by atoms with E-state index in [0.29, 0.717) is 15.6 Å². The second-order valence-corrected chi connectivity index (χ2v) is 4.93. The first-order valence-electron chi connectivity index (χ1n) is 5.49. The molecule has 0 aliphatic carbocycles. The fraction of sp³-hybridized carbons (Fsp3) is 0.333. The molecule has 0 saturated heterocycles. The third-order valence-electron chi connectivity index (χ3n) is 2.49. The molecule has 7 heteroatoms. The van der Waals surface area contributed by atoms with Gasteiger partial charge in [0.25, 0.3) is 0 Å². The molecule has 0 aliphatic heterocycles. The van der Waals surface area contributed by atoms with Gasteiger partial charge in [-0.2, -0.15) is 0 Å². The number of likely N-dealkylation sites (N-methyl/N-ethyl adjacent to an activating group) is 1. The highest BCUT2D eigenvalue weighted by Gasteiger charge is 2.17. The van der Waals surface area contributed by atoms with Gasteiger partial charge in [0.1, 0.15) is 6.54 Å². The molecule has 2 N–H and O–H groups in total. The summed E-state index contributed by atoms with van der Waals surface area (Å²) in [5, 5.41) is 12.2. The Morgan fingerprint density at radius 3 is 2.58 bits per heavy atom. The molecule has 1 unspecified atom stereocenters. The lowest BCUT2D eigenvalue weighted by Crippen LogP contribution is -2.41. The zero-order valence-electron chi connectivity index (χ0n) is 10.5. The Labute approximate surface area is 121 Å². The molecular weight excluding hydrogens is 291 g/mol. The van der Waals surface area contributed by atoms with Crippen molar-refractivity contribution >= 4 is 35.2 Å². The number of carbonyl (C=O) groups excluding carboxylic acids is 1. The number of halogens is 2. The first-order chi connectivity index (χ1) is 8.81. The first-order valence-corrected chi connectivity index (χ1v) is 6.25.